The van der Waals surface area contributed by atoms with E-state index in [1.165, 1.54) is 0 Å². The molecule has 0 bridgehead atoms. The first-order valence-corrected chi connectivity index (χ1v) is 2.32. The second kappa shape index (κ2) is 1.21. The van der Waals surface area contributed by atoms with Crippen molar-refractivity contribution in [3.8, 4) is 0 Å². The summed E-state index contributed by atoms with van der Waals surface area (Å²) in [6.07, 6.45) is 2.25. The normalized spacial score (nSPS) is 45.0. The van der Waals surface area contributed by atoms with Crippen LogP contribution in [0.15, 0.2) is 0 Å². The lowest BCUT2D eigenvalue weighted by atomic mass is 9.88. The van der Waals surface area contributed by atoms with Crippen LogP contribution in [0.4, 0.5) is 0 Å². The molecule has 36 valence electrons. The Kier molecular flexibility index (Phi) is 0.821. The molecule has 0 saturated heterocycles. The minimum Gasteiger partial charge on any atom is -0.326 e. The summed E-state index contributed by atoms with van der Waals surface area (Å²) in [5.74, 6) is 0. The maximum atomic E-state index is 5.40. The molecule has 1 rings (SSSR count). The SMILES string of the molecule is NC1CC[C@H]1N. The third-order valence-electron chi connectivity index (χ3n) is 1.38. The summed E-state index contributed by atoms with van der Waals surface area (Å²) in [7, 11) is 0. The maximum absolute atomic E-state index is 5.40. The van der Waals surface area contributed by atoms with E-state index in [2.05, 4.69) is 0 Å². The van der Waals surface area contributed by atoms with E-state index in [-0.39, 0.29) is 0 Å². The fourth-order valence-corrected chi connectivity index (χ4v) is 0.552. The van der Waals surface area contributed by atoms with Crippen molar-refractivity contribution in [1.29, 1.82) is 0 Å². The molecule has 1 saturated carbocycles. The first-order chi connectivity index (χ1) is 2.80. The molecular formula is C4H10N2. The monoisotopic (exact) mass is 86.1 g/mol. The molecular weight excluding hydrogens is 76.1 g/mol. The third kappa shape index (κ3) is 0.420. The van der Waals surface area contributed by atoms with Gasteiger partial charge in [0.2, 0.25) is 0 Å². The first kappa shape index (κ1) is 4.09. The minimum absolute atomic E-state index is 0.310. The molecule has 0 spiro atoms. The largest absolute Gasteiger partial charge is 0.326 e. The van der Waals surface area contributed by atoms with Gasteiger partial charge in [0.25, 0.3) is 0 Å². The van der Waals surface area contributed by atoms with Gasteiger partial charge >= 0.3 is 0 Å². The molecule has 4 N–H and O–H groups in total. The fourth-order valence-electron chi connectivity index (χ4n) is 0.552. The van der Waals surface area contributed by atoms with Crippen LogP contribution in [0, 0.1) is 0 Å². The van der Waals surface area contributed by atoms with Gasteiger partial charge in [0, 0.05) is 12.1 Å². The van der Waals surface area contributed by atoms with Gasteiger partial charge in [-0.3, -0.25) is 0 Å². The van der Waals surface area contributed by atoms with Crippen LogP contribution in [0.25, 0.3) is 0 Å². The Hall–Kier alpha value is -0.0800. The highest BCUT2D eigenvalue weighted by molar-refractivity contribution is 4.86. The molecule has 0 radical (unpaired) electrons. The zero-order chi connectivity index (χ0) is 4.57. The smallest absolute Gasteiger partial charge is 0.0192 e. The van der Waals surface area contributed by atoms with Crippen LogP contribution >= 0.6 is 0 Å². The molecule has 0 aliphatic heterocycles. The van der Waals surface area contributed by atoms with E-state index in [0.29, 0.717) is 12.1 Å². The summed E-state index contributed by atoms with van der Waals surface area (Å²) in [5, 5.41) is 0. The molecule has 1 aliphatic rings. The second-order valence-electron chi connectivity index (χ2n) is 1.91. The van der Waals surface area contributed by atoms with Crippen LogP contribution in [-0.2, 0) is 0 Å². The van der Waals surface area contributed by atoms with E-state index in [0.717, 1.165) is 12.8 Å². The van der Waals surface area contributed by atoms with Crippen LogP contribution in [0.3, 0.4) is 0 Å². The zero-order valence-electron chi connectivity index (χ0n) is 3.72. The highest BCUT2D eigenvalue weighted by Crippen LogP contribution is 2.13. The standard InChI is InChI=1S/C4H10N2/c5-3-1-2-4(3)6/h3-4H,1-2,5-6H2/t3-,4?/m1/s1. The van der Waals surface area contributed by atoms with E-state index in [4.69, 9.17) is 11.5 Å². The van der Waals surface area contributed by atoms with E-state index in [1.54, 1.807) is 0 Å². The van der Waals surface area contributed by atoms with Crippen molar-refractivity contribution in [2.75, 3.05) is 0 Å². The van der Waals surface area contributed by atoms with E-state index in [1.807, 2.05) is 0 Å². The minimum atomic E-state index is 0.310. The number of rotatable bonds is 0. The van der Waals surface area contributed by atoms with Crippen molar-refractivity contribution in [1.82, 2.24) is 0 Å². The van der Waals surface area contributed by atoms with E-state index < -0.39 is 0 Å². The van der Waals surface area contributed by atoms with Crippen molar-refractivity contribution in [3.05, 3.63) is 0 Å². The predicted molar refractivity (Wildman–Crippen MR) is 25.2 cm³/mol. The van der Waals surface area contributed by atoms with Crippen molar-refractivity contribution < 1.29 is 0 Å². The summed E-state index contributed by atoms with van der Waals surface area (Å²) in [6.45, 7) is 0. The lowest BCUT2D eigenvalue weighted by Crippen LogP contribution is -2.49. The highest BCUT2D eigenvalue weighted by Gasteiger charge is 2.22. The Bertz CT molecular complexity index is 45.5. The third-order valence-corrected chi connectivity index (χ3v) is 1.38. The lowest BCUT2D eigenvalue weighted by Gasteiger charge is -2.29. The molecule has 0 aromatic carbocycles. The Morgan fingerprint density at radius 3 is 1.33 bits per heavy atom. The molecule has 0 amide bonds. The Balaban J connectivity index is 2.20. The number of nitrogens with two attached hydrogens (primary N) is 2. The summed E-state index contributed by atoms with van der Waals surface area (Å²) in [4.78, 5) is 0. The Morgan fingerprint density at radius 1 is 1.00 bits per heavy atom. The van der Waals surface area contributed by atoms with Crippen molar-refractivity contribution >= 4 is 0 Å². The lowest BCUT2D eigenvalue weighted by molar-refractivity contribution is 0.347. The molecule has 1 aliphatic carbocycles. The summed E-state index contributed by atoms with van der Waals surface area (Å²) in [5.41, 5.74) is 10.8. The molecule has 2 heteroatoms. The van der Waals surface area contributed by atoms with Crippen molar-refractivity contribution in [2.45, 2.75) is 24.9 Å². The molecule has 0 aromatic heterocycles. The van der Waals surface area contributed by atoms with E-state index >= 15 is 0 Å². The zero-order valence-corrected chi connectivity index (χ0v) is 3.72. The van der Waals surface area contributed by atoms with Gasteiger partial charge in [-0.05, 0) is 12.8 Å². The molecule has 1 unspecified atom stereocenters. The Morgan fingerprint density at radius 2 is 1.33 bits per heavy atom. The van der Waals surface area contributed by atoms with Crippen LogP contribution in [0.5, 0.6) is 0 Å². The van der Waals surface area contributed by atoms with E-state index in [9.17, 15) is 0 Å². The van der Waals surface area contributed by atoms with Gasteiger partial charge in [-0.1, -0.05) is 0 Å². The molecule has 0 heterocycles. The van der Waals surface area contributed by atoms with Gasteiger partial charge in [-0.2, -0.15) is 0 Å². The van der Waals surface area contributed by atoms with Crippen LogP contribution in [-0.4, -0.2) is 12.1 Å². The van der Waals surface area contributed by atoms with Gasteiger partial charge in [-0.25, -0.2) is 0 Å². The summed E-state index contributed by atoms with van der Waals surface area (Å²) >= 11 is 0. The second-order valence-corrected chi connectivity index (χ2v) is 1.91. The molecule has 2 atom stereocenters. The summed E-state index contributed by atoms with van der Waals surface area (Å²) in [6, 6.07) is 0.620. The van der Waals surface area contributed by atoms with Gasteiger partial charge in [0.15, 0.2) is 0 Å². The average Bonchev–Trinajstić information content (AvgIpc) is 1.61. The fraction of sp³-hybridized carbons (Fsp3) is 1.00. The van der Waals surface area contributed by atoms with Crippen LogP contribution in [0.1, 0.15) is 12.8 Å². The number of hydrogen-bond donors (Lipinski definition) is 2. The molecule has 1 fully saturated rings. The Labute approximate surface area is 37.5 Å². The van der Waals surface area contributed by atoms with Crippen molar-refractivity contribution in [3.63, 3.8) is 0 Å². The van der Waals surface area contributed by atoms with Crippen LogP contribution in [0.2, 0.25) is 0 Å². The van der Waals surface area contributed by atoms with Gasteiger partial charge < -0.3 is 11.5 Å². The van der Waals surface area contributed by atoms with Gasteiger partial charge in [0.05, 0.1) is 0 Å². The van der Waals surface area contributed by atoms with Crippen molar-refractivity contribution in [2.24, 2.45) is 11.5 Å². The maximum Gasteiger partial charge on any atom is 0.0192 e. The van der Waals surface area contributed by atoms with Gasteiger partial charge in [-0.15, -0.1) is 0 Å². The molecule has 2 nitrogen and oxygen atoms in total. The average molecular weight is 86.1 g/mol. The van der Waals surface area contributed by atoms with Crippen LogP contribution < -0.4 is 11.5 Å². The molecule has 6 heavy (non-hydrogen) atoms. The first-order valence-electron chi connectivity index (χ1n) is 2.32. The quantitative estimate of drug-likeness (QED) is 0.415. The molecule has 0 aromatic rings. The van der Waals surface area contributed by atoms with Gasteiger partial charge in [0.1, 0.15) is 0 Å². The summed E-state index contributed by atoms with van der Waals surface area (Å²) < 4.78 is 0. The topological polar surface area (TPSA) is 52.0 Å². The predicted octanol–water partition coefficient (Wildman–Crippen LogP) is -0.565. The number of hydrogen-bond acceptors (Lipinski definition) is 2. The highest BCUT2D eigenvalue weighted by atomic mass is 14.8.